The van der Waals surface area contributed by atoms with Gasteiger partial charge in [-0.2, -0.15) is 0 Å². The van der Waals surface area contributed by atoms with E-state index in [2.05, 4.69) is 40.6 Å². The van der Waals surface area contributed by atoms with Gasteiger partial charge in [-0.15, -0.1) is 6.58 Å². The Bertz CT molecular complexity index is 830. The van der Waals surface area contributed by atoms with Gasteiger partial charge in [-0.1, -0.05) is 24.3 Å². The molecule has 4 heteroatoms. The lowest BCUT2D eigenvalue weighted by Gasteiger charge is -2.25. The van der Waals surface area contributed by atoms with E-state index in [4.69, 9.17) is 4.74 Å². The molecule has 0 unspecified atom stereocenters. The monoisotopic (exact) mass is 347 g/mol. The number of likely N-dealkylation sites (N-methyl/N-ethyl adjacent to an activating group) is 1. The van der Waals surface area contributed by atoms with E-state index in [9.17, 15) is 0 Å². The molecule has 4 nitrogen and oxygen atoms in total. The molecule has 1 aromatic carbocycles. The number of nitrogens with zero attached hydrogens (tertiary/aromatic N) is 3. The summed E-state index contributed by atoms with van der Waals surface area (Å²) in [6, 6.07) is 14.1. The number of hydrogen-bond acceptors (Lipinski definition) is 4. The van der Waals surface area contributed by atoms with Crippen LogP contribution in [0.2, 0.25) is 0 Å². The van der Waals surface area contributed by atoms with Gasteiger partial charge in [0.15, 0.2) is 0 Å². The van der Waals surface area contributed by atoms with Crippen molar-refractivity contribution in [3.05, 3.63) is 79.3 Å². The maximum atomic E-state index is 6.39. The zero-order chi connectivity index (χ0) is 18.2. The van der Waals surface area contributed by atoms with Gasteiger partial charge in [0.25, 0.3) is 0 Å². The number of benzene rings is 1. The fraction of sp³-hybridized carbons (Fsp3) is 0.273. The summed E-state index contributed by atoms with van der Waals surface area (Å²) in [6.07, 6.45) is 9.40. The molecule has 0 aliphatic rings. The summed E-state index contributed by atoms with van der Waals surface area (Å²) in [4.78, 5) is 10.9. The van der Waals surface area contributed by atoms with Crippen molar-refractivity contribution in [1.29, 1.82) is 0 Å². The van der Waals surface area contributed by atoms with E-state index in [0.717, 1.165) is 42.6 Å². The van der Waals surface area contributed by atoms with E-state index in [1.807, 2.05) is 48.8 Å². The van der Waals surface area contributed by atoms with Gasteiger partial charge in [0.05, 0.1) is 5.52 Å². The van der Waals surface area contributed by atoms with Gasteiger partial charge in [-0.05, 0) is 49.7 Å². The molecule has 0 aliphatic carbocycles. The Morgan fingerprint density at radius 2 is 2.04 bits per heavy atom. The van der Waals surface area contributed by atoms with Gasteiger partial charge in [-0.3, -0.25) is 14.9 Å². The van der Waals surface area contributed by atoms with E-state index in [0.29, 0.717) is 0 Å². The number of pyridine rings is 2. The van der Waals surface area contributed by atoms with E-state index in [1.54, 1.807) is 6.20 Å². The number of aromatic nitrogens is 2. The number of ether oxygens (including phenoxy) is 1. The molecule has 26 heavy (non-hydrogen) atoms. The molecule has 2 aromatic heterocycles. The molecule has 0 fully saturated rings. The molecule has 0 saturated carbocycles. The van der Waals surface area contributed by atoms with Gasteiger partial charge >= 0.3 is 0 Å². The smallest absolute Gasteiger partial charge is 0.130 e. The Morgan fingerprint density at radius 3 is 2.85 bits per heavy atom. The standard InChI is InChI=1S/C22H25N3O/c1-3-4-9-19(17-25(2)16-18-8-7-13-23-15-18)26-22-12-14-24-21-11-6-5-10-20(21)22/h3,5-8,10-15,19H,1,4,9,16-17H2,2H3/t19-/m0/s1. The summed E-state index contributed by atoms with van der Waals surface area (Å²) in [6.45, 7) is 5.53. The summed E-state index contributed by atoms with van der Waals surface area (Å²) in [5, 5.41) is 1.05. The Hall–Kier alpha value is -2.72. The number of para-hydroxylation sites is 1. The van der Waals surface area contributed by atoms with Crippen molar-refractivity contribution in [3.8, 4) is 5.75 Å². The Kier molecular flexibility index (Phi) is 6.34. The minimum absolute atomic E-state index is 0.0838. The quantitative estimate of drug-likeness (QED) is 0.535. The van der Waals surface area contributed by atoms with Crippen molar-refractivity contribution in [1.82, 2.24) is 14.9 Å². The van der Waals surface area contributed by atoms with E-state index >= 15 is 0 Å². The molecule has 0 amide bonds. The van der Waals surface area contributed by atoms with Crippen molar-refractivity contribution >= 4 is 10.9 Å². The first kappa shape index (κ1) is 18.1. The van der Waals surface area contributed by atoms with Crippen LogP contribution in [0.1, 0.15) is 18.4 Å². The lowest BCUT2D eigenvalue weighted by molar-refractivity contribution is 0.138. The number of hydrogen-bond donors (Lipinski definition) is 0. The number of fused-ring (bicyclic) bond motifs is 1. The molecule has 0 spiro atoms. The topological polar surface area (TPSA) is 38.2 Å². The van der Waals surface area contributed by atoms with Crippen LogP contribution in [0, 0.1) is 0 Å². The van der Waals surface area contributed by atoms with E-state index in [1.165, 1.54) is 5.56 Å². The Morgan fingerprint density at radius 1 is 1.15 bits per heavy atom. The van der Waals surface area contributed by atoms with Crippen LogP contribution in [0.4, 0.5) is 0 Å². The molecule has 0 N–H and O–H groups in total. The molecule has 0 radical (unpaired) electrons. The second-order valence-electron chi connectivity index (χ2n) is 6.49. The third kappa shape index (κ3) is 4.90. The van der Waals surface area contributed by atoms with Gasteiger partial charge in [0.2, 0.25) is 0 Å². The lowest BCUT2D eigenvalue weighted by Crippen LogP contribution is -2.33. The second-order valence-corrected chi connectivity index (χ2v) is 6.49. The fourth-order valence-corrected chi connectivity index (χ4v) is 3.06. The van der Waals surface area contributed by atoms with Crippen molar-refractivity contribution < 1.29 is 4.74 Å². The average Bonchev–Trinajstić information content (AvgIpc) is 2.67. The fourth-order valence-electron chi connectivity index (χ4n) is 3.06. The minimum atomic E-state index is 0.0838. The maximum absolute atomic E-state index is 6.39. The van der Waals surface area contributed by atoms with E-state index < -0.39 is 0 Å². The largest absolute Gasteiger partial charge is 0.488 e. The normalized spacial score (nSPS) is 12.2. The zero-order valence-corrected chi connectivity index (χ0v) is 15.2. The molecular formula is C22H25N3O. The maximum Gasteiger partial charge on any atom is 0.130 e. The van der Waals surface area contributed by atoms with Crippen molar-refractivity contribution in [3.63, 3.8) is 0 Å². The zero-order valence-electron chi connectivity index (χ0n) is 15.2. The highest BCUT2D eigenvalue weighted by atomic mass is 16.5. The summed E-state index contributed by atoms with van der Waals surface area (Å²) >= 11 is 0. The van der Waals surface area contributed by atoms with Crippen LogP contribution in [0.5, 0.6) is 5.75 Å². The molecule has 0 saturated heterocycles. The molecular weight excluding hydrogens is 322 g/mol. The van der Waals surface area contributed by atoms with Crippen LogP contribution in [0.25, 0.3) is 10.9 Å². The van der Waals surface area contributed by atoms with E-state index in [-0.39, 0.29) is 6.10 Å². The molecule has 0 bridgehead atoms. The van der Waals surface area contributed by atoms with Gasteiger partial charge < -0.3 is 4.74 Å². The van der Waals surface area contributed by atoms with Crippen LogP contribution < -0.4 is 4.74 Å². The highest BCUT2D eigenvalue weighted by Gasteiger charge is 2.15. The highest BCUT2D eigenvalue weighted by molar-refractivity contribution is 5.84. The molecule has 134 valence electrons. The van der Waals surface area contributed by atoms with Crippen LogP contribution in [-0.4, -0.2) is 34.6 Å². The molecule has 3 rings (SSSR count). The van der Waals surface area contributed by atoms with Gasteiger partial charge in [0, 0.05) is 37.1 Å². The van der Waals surface area contributed by atoms with Gasteiger partial charge in [0.1, 0.15) is 11.9 Å². The summed E-state index contributed by atoms with van der Waals surface area (Å²) in [5.74, 6) is 0.888. The summed E-state index contributed by atoms with van der Waals surface area (Å²) < 4.78 is 6.39. The Balaban J connectivity index is 1.71. The van der Waals surface area contributed by atoms with Crippen molar-refractivity contribution in [2.24, 2.45) is 0 Å². The first-order valence-corrected chi connectivity index (χ1v) is 8.95. The van der Waals surface area contributed by atoms with Crippen LogP contribution in [0.15, 0.2) is 73.7 Å². The predicted molar refractivity (Wildman–Crippen MR) is 106 cm³/mol. The second kappa shape index (κ2) is 9.11. The number of rotatable bonds is 9. The molecule has 2 heterocycles. The van der Waals surface area contributed by atoms with Gasteiger partial charge in [-0.25, -0.2) is 0 Å². The third-order valence-electron chi connectivity index (χ3n) is 4.29. The third-order valence-corrected chi connectivity index (χ3v) is 4.29. The molecule has 1 atom stereocenters. The van der Waals surface area contributed by atoms with Crippen molar-refractivity contribution in [2.45, 2.75) is 25.5 Å². The van der Waals surface area contributed by atoms with Crippen LogP contribution in [0.3, 0.4) is 0 Å². The Labute approximate surface area is 155 Å². The number of allylic oxidation sites excluding steroid dienone is 1. The predicted octanol–water partition coefficient (Wildman–Crippen LogP) is 4.48. The van der Waals surface area contributed by atoms with Crippen LogP contribution in [-0.2, 0) is 6.54 Å². The first-order chi connectivity index (χ1) is 12.8. The summed E-state index contributed by atoms with van der Waals surface area (Å²) in [5.41, 5.74) is 2.16. The highest BCUT2D eigenvalue weighted by Crippen LogP contribution is 2.25. The summed E-state index contributed by atoms with van der Waals surface area (Å²) in [7, 11) is 2.11. The SMILES string of the molecule is C=CCC[C@@H](CN(C)Cc1cccnc1)Oc1ccnc2ccccc12. The lowest BCUT2D eigenvalue weighted by atomic mass is 10.1. The molecule has 0 aliphatic heterocycles. The van der Waals surface area contributed by atoms with Crippen molar-refractivity contribution in [2.75, 3.05) is 13.6 Å². The molecule has 3 aromatic rings. The average molecular weight is 347 g/mol. The van der Waals surface area contributed by atoms with Crippen LogP contribution >= 0.6 is 0 Å². The first-order valence-electron chi connectivity index (χ1n) is 8.95. The minimum Gasteiger partial charge on any atom is -0.488 e.